The lowest BCUT2D eigenvalue weighted by Gasteiger charge is -2.35. The Hall–Kier alpha value is 0.0400. The zero-order valence-electron chi connectivity index (χ0n) is 11.8. The van der Waals surface area contributed by atoms with Crippen molar-refractivity contribution in [2.24, 2.45) is 0 Å². The highest BCUT2D eigenvalue weighted by Crippen LogP contribution is 2.26. The fourth-order valence-electron chi connectivity index (χ4n) is 2.07. The molecule has 19 heavy (non-hydrogen) atoms. The first-order valence-electron chi connectivity index (χ1n) is 6.50. The minimum atomic E-state index is 0. The molecular weight excluding hydrogens is 349 g/mol. The number of hydrogen-bond donors (Lipinski definition) is 0. The minimum absolute atomic E-state index is 0. The van der Waals surface area contributed by atoms with Crippen LogP contribution < -0.4 is 21.7 Å². The van der Waals surface area contributed by atoms with Gasteiger partial charge in [0.05, 0.1) is 29.7 Å². The average molecular weight is 371 g/mol. The Morgan fingerprint density at radius 1 is 1.00 bits per heavy atom. The second-order valence-corrected chi connectivity index (χ2v) is 5.25. The van der Waals surface area contributed by atoms with Gasteiger partial charge < -0.3 is 26.2 Å². The van der Waals surface area contributed by atoms with Crippen LogP contribution in [0.1, 0.15) is 20.8 Å². The van der Waals surface area contributed by atoms with Crippen molar-refractivity contribution in [3.63, 3.8) is 0 Å². The minimum Gasteiger partial charge on any atom is -1.00 e. The van der Waals surface area contributed by atoms with E-state index in [0.717, 1.165) is 36.4 Å². The number of halogens is 3. The number of rotatable bonds is 7. The standard InChI is InChI=1S/C14H22Cl2NO.BrH/c1-4-17(5-2,6-3)9-10-18-12-7-8-13(15)14(16)11-12;/h7-8,11H,4-6,9-10H2,1-3H3;1H/q+1;/p-1. The average Bonchev–Trinajstić information content (AvgIpc) is 2.39. The Morgan fingerprint density at radius 2 is 1.58 bits per heavy atom. The maximum absolute atomic E-state index is 5.95. The van der Waals surface area contributed by atoms with E-state index in [0.29, 0.717) is 16.7 Å². The molecule has 110 valence electrons. The van der Waals surface area contributed by atoms with E-state index in [-0.39, 0.29) is 17.0 Å². The second-order valence-electron chi connectivity index (χ2n) is 4.44. The Bertz CT molecular complexity index is 375. The van der Waals surface area contributed by atoms with Gasteiger partial charge in [0, 0.05) is 6.07 Å². The number of quaternary nitrogens is 1. The first-order valence-corrected chi connectivity index (χ1v) is 7.25. The number of nitrogens with zero attached hydrogens (tertiary/aromatic N) is 1. The molecule has 0 N–H and O–H groups in total. The third-order valence-electron chi connectivity index (χ3n) is 3.74. The summed E-state index contributed by atoms with van der Waals surface area (Å²) < 4.78 is 6.83. The zero-order chi connectivity index (χ0) is 13.6. The summed E-state index contributed by atoms with van der Waals surface area (Å²) in [6, 6.07) is 5.38. The summed E-state index contributed by atoms with van der Waals surface area (Å²) in [5.74, 6) is 0.783. The van der Waals surface area contributed by atoms with Crippen molar-refractivity contribution in [2.75, 3.05) is 32.8 Å². The predicted octanol–water partition coefficient (Wildman–Crippen LogP) is 1.25. The SMILES string of the molecule is CC[N+](CC)(CC)CCOc1ccc(Cl)c(Cl)c1.[Br-]. The lowest BCUT2D eigenvalue weighted by atomic mass is 10.3. The van der Waals surface area contributed by atoms with E-state index in [4.69, 9.17) is 27.9 Å². The summed E-state index contributed by atoms with van der Waals surface area (Å²) in [6.07, 6.45) is 0. The predicted molar refractivity (Wildman–Crippen MR) is 78.7 cm³/mol. The van der Waals surface area contributed by atoms with Gasteiger partial charge in [-0.3, -0.25) is 0 Å². The van der Waals surface area contributed by atoms with Crippen LogP contribution in [0.25, 0.3) is 0 Å². The second kappa shape index (κ2) is 9.06. The van der Waals surface area contributed by atoms with Crippen LogP contribution in [0.3, 0.4) is 0 Å². The summed E-state index contributed by atoms with van der Waals surface area (Å²) in [4.78, 5) is 0. The molecule has 5 heteroatoms. The number of benzene rings is 1. The van der Waals surface area contributed by atoms with Crippen molar-refractivity contribution < 1.29 is 26.2 Å². The van der Waals surface area contributed by atoms with Gasteiger partial charge in [0.1, 0.15) is 18.9 Å². The van der Waals surface area contributed by atoms with Crippen LogP contribution in [0, 0.1) is 0 Å². The van der Waals surface area contributed by atoms with Crippen molar-refractivity contribution in [2.45, 2.75) is 20.8 Å². The molecule has 0 aliphatic rings. The molecular formula is C14H22BrCl2NO. The highest BCUT2D eigenvalue weighted by Gasteiger charge is 2.20. The van der Waals surface area contributed by atoms with Gasteiger partial charge in [-0.05, 0) is 32.9 Å². The number of ether oxygens (including phenoxy) is 1. The topological polar surface area (TPSA) is 9.23 Å². The highest BCUT2D eigenvalue weighted by atomic mass is 79.9. The van der Waals surface area contributed by atoms with Crippen LogP contribution >= 0.6 is 23.2 Å². The van der Waals surface area contributed by atoms with E-state index in [1.165, 1.54) is 0 Å². The fraction of sp³-hybridized carbons (Fsp3) is 0.571. The van der Waals surface area contributed by atoms with Gasteiger partial charge in [0.15, 0.2) is 0 Å². The lowest BCUT2D eigenvalue weighted by molar-refractivity contribution is -0.923. The first-order chi connectivity index (χ1) is 8.56. The van der Waals surface area contributed by atoms with Crippen molar-refractivity contribution >= 4 is 23.2 Å². The maximum Gasteiger partial charge on any atom is 0.137 e. The van der Waals surface area contributed by atoms with Crippen molar-refractivity contribution in [1.29, 1.82) is 0 Å². The molecule has 2 nitrogen and oxygen atoms in total. The zero-order valence-corrected chi connectivity index (χ0v) is 14.9. The molecule has 0 saturated carbocycles. The summed E-state index contributed by atoms with van der Waals surface area (Å²) in [5, 5.41) is 1.10. The molecule has 1 aromatic rings. The van der Waals surface area contributed by atoms with Gasteiger partial charge in [0.2, 0.25) is 0 Å². The van der Waals surface area contributed by atoms with Gasteiger partial charge in [-0.2, -0.15) is 0 Å². The van der Waals surface area contributed by atoms with Crippen LogP contribution in [-0.2, 0) is 0 Å². The molecule has 0 saturated heterocycles. The molecule has 0 aliphatic heterocycles. The van der Waals surface area contributed by atoms with Crippen molar-refractivity contribution in [3.05, 3.63) is 28.2 Å². The third kappa shape index (κ3) is 5.50. The van der Waals surface area contributed by atoms with E-state index in [9.17, 15) is 0 Å². The smallest absolute Gasteiger partial charge is 0.137 e. The molecule has 0 amide bonds. The van der Waals surface area contributed by atoms with E-state index >= 15 is 0 Å². The monoisotopic (exact) mass is 369 g/mol. The van der Waals surface area contributed by atoms with Crippen molar-refractivity contribution in [1.82, 2.24) is 0 Å². The van der Waals surface area contributed by atoms with E-state index in [2.05, 4.69) is 20.8 Å². The van der Waals surface area contributed by atoms with Gasteiger partial charge in [-0.1, -0.05) is 23.2 Å². The summed E-state index contributed by atoms with van der Waals surface area (Å²) >= 11 is 11.8. The third-order valence-corrected chi connectivity index (χ3v) is 4.48. The normalized spacial score (nSPS) is 11.0. The Morgan fingerprint density at radius 3 is 2.05 bits per heavy atom. The first kappa shape index (κ1) is 19.0. The summed E-state index contributed by atoms with van der Waals surface area (Å²) in [7, 11) is 0. The Balaban J connectivity index is 0.00000324. The number of likely N-dealkylation sites (N-methyl/N-ethyl adjacent to an activating group) is 1. The van der Waals surface area contributed by atoms with Gasteiger partial charge >= 0.3 is 0 Å². The molecule has 0 heterocycles. The molecule has 0 fully saturated rings. The van der Waals surface area contributed by atoms with Gasteiger partial charge in [-0.15, -0.1) is 0 Å². The molecule has 0 aliphatic carbocycles. The lowest BCUT2D eigenvalue weighted by Crippen LogP contribution is -3.00. The summed E-state index contributed by atoms with van der Waals surface area (Å²) in [6.45, 7) is 11.8. The van der Waals surface area contributed by atoms with Gasteiger partial charge in [-0.25, -0.2) is 0 Å². The molecule has 1 rings (SSSR count). The van der Waals surface area contributed by atoms with Gasteiger partial charge in [0.25, 0.3) is 0 Å². The molecule has 0 spiro atoms. The molecule has 0 atom stereocenters. The largest absolute Gasteiger partial charge is 1.00 e. The fourth-order valence-corrected chi connectivity index (χ4v) is 2.36. The Kier molecular flexibility index (Phi) is 9.08. The highest BCUT2D eigenvalue weighted by molar-refractivity contribution is 6.42. The molecule has 1 aromatic carbocycles. The quantitative estimate of drug-likeness (QED) is 0.656. The van der Waals surface area contributed by atoms with Crippen LogP contribution in [0.5, 0.6) is 5.75 Å². The maximum atomic E-state index is 5.95. The molecule has 0 unspecified atom stereocenters. The number of hydrogen-bond acceptors (Lipinski definition) is 1. The van der Waals surface area contributed by atoms with Crippen LogP contribution in [-0.4, -0.2) is 37.3 Å². The van der Waals surface area contributed by atoms with Crippen LogP contribution in [0.4, 0.5) is 0 Å². The van der Waals surface area contributed by atoms with Crippen molar-refractivity contribution in [3.8, 4) is 5.75 Å². The van der Waals surface area contributed by atoms with Crippen LogP contribution in [0.15, 0.2) is 18.2 Å². The molecule has 0 bridgehead atoms. The van der Waals surface area contributed by atoms with Crippen LogP contribution in [0.2, 0.25) is 10.0 Å². The van der Waals surface area contributed by atoms with E-state index in [1.807, 2.05) is 6.07 Å². The van der Waals surface area contributed by atoms with E-state index < -0.39 is 0 Å². The Labute approximate surface area is 137 Å². The molecule has 0 aromatic heterocycles. The summed E-state index contributed by atoms with van der Waals surface area (Å²) in [5.41, 5.74) is 0. The molecule has 0 radical (unpaired) electrons. The van der Waals surface area contributed by atoms with E-state index in [1.54, 1.807) is 12.1 Å².